The molecule has 10 heavy (non-hydrogen) atoms. The summed E-state index contributed by atoms with van der Waals surface area (Å²) in [6.45, 7) is 3.74. The van der Waals surface area contributed by atoms with Crippen LogP contribution in [0, 0.1) is 5.92 Å². The minimum Gasteiger partial charge on any atom is -0.480 e. The number of aliphatic carboxylic acids is 1. The number of nitrogens with one attached hydrogen (secondary N) is 1. The maximum absolute atomic E-state index is 10.4. The summed E-state index contributed by atoms with van der Waals surface area (Å²) < 4.78 is 0. The van der Waals surface area contributed by atoms with Crippen LogP contribution in [-0.4, -0.2) is 22.6 Å². The SMILES string of the molecule is CC(C)[C@H](NCBr)C(=O)O. The van der Waals surface area contributed by atoms with Crippen molar-refractivity contribution in [1.82, 2.24) is 5.32 Å². The standard InChI is InChI=1S/C6H12BrNO2/c1-4(2)5(6(9)10)8-3-7/h4-5,8H,3H2,1-2H3,(H,9,10)/t5-/m0/s1. The van der Waals surface area contributed by atoms with Gasteiger partial charge >= 0.3 is 5.97 Å². The zero-order valence-electron chi connectivity index (χ0n) is 6.10. The lowest BCUT2D eigenvalue weighted by Gasteiger charge is -2.15. The predicted octanol–water partition coefficient (Wildman–Crippen LogP) is 1.04. The van der Waals surface area contributed by atoms with Crippen LogP contribution in [-0.2, 0) is 4.79 Å². The van der Waals surface area contributed by atoms with Gasteiger partial charge in [-0.15, -0.1) is 0 Å². The van der Waals surface area contributed by atoms with Crippen molar-refractivity contribution in [3.05, 3.63) is 0 Å². The van der Waals surface area contributed by atoms with E-state index in [0.717, 1.165) is 0 Å². The highest BCUT2D eigenvalue weighted by atomic mass is 79.9. The fourth-order valence-corrected chi connectivity index (χ4v) is 1.04. The average molecular weight is 210 g/mol. The Kier molecular flexibility index (Phi) is 4.64. The number of carboxylic acids is 1. The molecular weight excluding hydrogens is 198 g/mol. The lowest BCUT2D eigenvalue weighted by molar-refractivity contribution is -0.140. The molecule has 0 aromatic carbocycles. The second-order valence-corrected chi connectivity index (χ2v) is 2.96. The zero-order chi connectivity index (χ0) is 8.15. The average Bonchev–Trinajstić information content (AvgIpc) is 1.81. The molecule has 0 bridgehead atoms. The van der Waals surface area contributed by atoms with Gasteiger partial charge in [0.15, 0.2) is 0 Å². The van der Waals surface area contributed by atoms with Crippen molar-refractivity contribution in [3.63, 3.8) is 0 Å². The number of hydrogen-bond acceptors (Lipinski definition) is 2. The van der Waals surface area contributed by atoms with Gasteiger partial charge in [0.25, 0.3) is 0 Å². The van der Waals surface area contributed by atoms with Crippen LogP contribution < -0.4 is 5.32 Å². The van der Waals surface area contributed by atoms with Gasteiger partial charge in [-0.1, -0.05) is 29.8 Å². The Labute approximate surface area is 68.9 Å². The molecule has 0 amide bonds. The highest BCUT2D eigenvalue weighted by molar-refractivity contribution is 9.09. The van der Waals surface area contributed by atoms with Gasteiger partial charge in [0.05, 0.1) is 5.45 Å². The second-order valence-electron chi connectivity index (χ2n) is 2.40. The van der Waals surface area contributed by atoms with Gasteiger partial charge in [-0.2, -0.15) is 0 Å². The van der Waals surface area contributed by atoms with Crippen LogP contribution in [0.25, 0.3) is 0 Å². The number of carboxylic acid groups (broad SMARTS) is 1. The van der Waals surface area contributed by atoms with Gasteiger partial charge in [-0.25, -0.2) is 0 Å². The van der Waals surface area contributed by atoms with E-state index in [1.165, 1.54) is 0 Å². The molecule has 0 saturated heterocycles. The van der Waals surface area contributed by atoms with Crippen molar-refractivity contribution < 1.29 is 9.90 Å². The Morgan fingerprint density at radius 1 is 1.70 bits per heavy atom. The normalized spacial score (nSPS) is 13.6. The van der Waals surface area contributed by atoms with Gasteiger partial charge in [0.1, 0.15) is 6.04 Å². The van der Waals surface area contributed by atoms with Crippen LogP contribution in [0.2, 0.25) is 0 Å². The van der Waals surface area contributed by atoms with E-state index in [1.807, 2.05) is 13.8 Å². The Hall–Kier alpha value is -0.0900. The van der Waals surface area contributed by atoms with Crippen molar-refractivity contribution in [3.8, 4) is 0 Å². The number of halogens is 1. The fourth-order valence-electron chi connectivity index (χ4n) is 0.691. The van der Waals surface area contributed by atoms with Crippen LogP contribution >= 0.6 is 15.9 Å². The summed E-state index contributed by atoms with van der Waals surface area (Å²) in [5.74, 6) is -0.676. The molecule has 0 heterocycles. The van der Waals surface area contributed by atoms with Gasteiger partial charge in [-0.05, 0) is 5.92 Å². The largest absolute Gasteiger partial charge is 0.480 e. The maximum atomic E-state index is 10.4. The molecule has 3 nitrogen and oxygen atoms in total. The van der Waals surface area contributed by atoms with E-state index in [1.54, 1.807) is 0 Å². The maximum Gasteiger partial charge on any atom is 0.320 e. The molecule has 0 aliphatic heterocycles. The Morgan fingerprint density at radius 2 is 2.20 bits per heavy atom. The van der Waals surface area contributed by atoms with Gasteiger partial charge < -0.3 is 5.11 Å². The number of rotatable bonds is 4. The van der Waals surface area contributed by atoms with Crippen molar-refractivity contribution in [1.29, 1.82) is 0 Å². The Bertz CT molecular complexity index is 116. The van der Waals surface area contributed by atoms with Gasteiger partial charge in [0, 0.05) is 0 Å². The van der Waals surface area contributed by atoms with Crippen LogP contribution in [0.5, 0.6) is 0 Å². The van der Waals surface area contributed by atoms with E-state index >= 15 is 0 Å². The molecular formula is C6H12BrNO2. The van der Waals surface area contributed by atoms with Crippen molar-refractivity contribution in [2.45, 2.75) is 19.9 Å². The predicted molar refractivity (Wildman–Crippen MR) is 43.2 cm³/mol. The zero-order valence-corrected chi connectivity index (χ0v) is 7.68. The van der Waals surface area contributed by atoms with Crippen molar-refractivity contribution in [2.24, 2.45) is 5.92 Å². The van der Waals surface area contributed by atoms with E-state index in [4.69, 9.17) is 5.11 Å². The first-order chi connectivity index (χ1) is 4.59. The molecule has 0 spiro atoms. The summed E-state index contributed by atoms with van der Waals surface area (Å²) in [7, 11) is 0. The van der Waals surface area contributed by atoms with Crippen LogP contribution in [0.15, 0.2) is 0 Å². The quantitative estimate of drug-likeness (QED) is 0.538. The van der Waals surface area contributed by atoms with E-state index in [0.29, 0.717) is 5.45 Å². The molecule has 1 atom stereocenters. The van der Waals surface area contributed by atoms with Crippen LogP contribution in [0.1, 0.15) is 13.8 Å². The first-order valence-corrected chi connectivity index (χ1v) is 4.24. The Morgan fingerprint density at radius 3 is 2.30 bits per heavy atom. The summed E-state index contributed by atoms with van der Waals surface area (Å²) in [6, 6.07) is -0.445. The molecule has 0 unspecified atom stereocenters. The lowest BCUT2D eigenvalue weighted by Crippen LogP contribution is -2.39. The molecule has 0 aliphatic rings. The molecule has 0 aromatic rings. The van der Waals surface area contributed by atoms with E-state index in [-0.39, 0.29) is 5.92 Å². The van der Waals surface area contributed by atoms with Crippen LogP contribution in [0.3, 0.4) is 0 Å². The highest BCUT2D eigenvalue weighted by Crippen LogP contribution is 2.01. The summed E-state index contributed by atoms with van der Waals surface area (Å²) in [5.41, 5.74) is 0.516. The number of hydrogen-bond donors (Lipinski definition) is 2. The number of alkyl halides is 1. The third-order valence-corrected chi connectivity index (χ3v) is 1.55. The minimum atomic E-state index is -0.797. The van der Waals surface area contributed by atoms with E-state index < -0.39 is 12.0 Å². The monoisotopic (exact) mass is 209 g/mol. The highest BCUT2D eigenvalue weighted by Gasteiger charge is 2.19. The molecule has 0 radical (unpaired) electrons. The minimum absolute atomic E-state index is 0.120. The van der Waals surface area contributed by atoms with Gasteiger partial charge in [-0.3, -0.25) is 10.1 Å². The van der Waals surface area contributed by atoms with Crippen LogP contribution in [0.4, 0.5) is 0 Å². The molecule has 0 rings (SSSR count). The Balaban J connectivity index is 3.85. The molecule has 0 aliphatic carbocycles. The topological polar surface area (TPSA) is 49.3 Å². The first-order valence-electron chi connectivity index (χ1n) is 3.11. The molecule has 0 saturated carbocycles. The molecule has 0 fully saturated rings. The summed E-state index contributed by atoms with van der Waals surface area (Å²) in [5, 5.41) is 11.4. The van der Waals surface area contributed by atoms with Crippen molar-refractivity contribution >= 4 is 21.9 Å². The summed E-state index contributed by atoms with van der Waals surface area (Å²) >= 11 is 3.11. The summed E-state index contributed by atoms with van der Waals surface area (Å²) in [6.07, 6.45) is 0. The second kappa shape index (κ2) is 4.68. The third-order valence-electron chi connectivity index (χ3n) is 1.23. The first kappa shape index (κ1) is 9.91. The smallest absolute Gasteiger partial charge is 0.320 e. The molecule has 2 N–H and O–H groups in total. The van der Waals surface area contributed by atoms with Gasteiger partial charge in [0.2, 0.25) is 0 Å². The van der Waals surface area contributed by atoms with Crippen molar-refractivity contribution in [2.75, 3.05) is 5.45 Å². The van der Waals surface area contributed by atoms with E-state index in [9.17, 15) is 4.79 Å². The summed E-state index contributed by atoms with van der Waals surface area (Å²) in [4.78, 5) is 10.4. The molecule has 0 aromatic heterocycles. The third kappa shape index (κ3) is 3.17. The lowest BCUT2D eigenvalue weighted by atomic mass is 10.1. The molecule has 60 valence electrons. The fraction of sp³-hybridized carbons (Fsp3) is 0.833. The molecule has 4 heteroatoms. The number of carbonyl (C=O) groups is 1. The van der Waals surface area contributed by atoms with E-state index in [2.05, 4.69) is 21.2 Å².